The number of fused-ring (bicyclic) bond motifs is 3. The molecule has 2 fully saturated rings. The first-order valence-corrected chi connectivity index (χ1v) is 8.03. The number of ether oxygens (including phenoxy) is 1. The zero-order valence-electron chi connectivity index (χ0n) is 12.3. The Morgan fingerprint density at radius 3 is 2.67 bits per heavy atom. The summed E-state index contributed by atoms with van der Waals surface area (Å²) >= 11 is 0. The fourth-order valence-corrected chi connectivity index (χ4v) is 4.60. The zero-order valence-corrected chi connectivity index (χ0v) is 12.3. The van der Waals surface area contributed by atoms with Crippen molar-refractivity contribution < 1.29 is 9.84 Å². The van der Waals surface area contributed by atoms with E-state index in [4.69, 9.17) is 10.5 Å². The average molecular weight is 288 g/mol. The van der Waals surface area contributed by atoms with Gasteiger partial charge in [0.05, 0.1) is 12.2 Å². The molecule has 2 bridgehead atoms. The summed E-state index contributed by atoms with van der Waals surface area (Å²) in [4.78, 5) is 0. The van der Waals surface area contributed by atoms with Crippen molar-refractivity contribution in [3.05, 3.63) is 29.8 Å². The molecule has 3 aliphatic heterocycles. The molecule has 21 heavy (non-hydrogen) atoms. The molecule has 3 heterocycles. The van der Waals surface area contributed by atoms with Crippen molar-refractivity contribution in [2.45, 2.75) is 49.8 Å². The van der Waals surface area contributed by atoms with Crippen molar-refractivity contribution >= 4 is 0 Å². The summed E-state index contributed by atoms with van der Waals surface area (Å²) in [5.74, 6) is 0.946. The normalized spacial score (nSPS) is 41.4. The summed E-state index contributed by atoms with van der Waals surface area (Å²) < 4.78 is 5.98. The molecule has 0 aromatic heterocycles. The topological polar surface area (TPSA) is 67.5 Å². The van der Waals surface area contributed by atoms with E-state index in [1.54, 1.807) is 0 Å². The Balaban J connectivity index is 1.68. The second-order valence-corrected chi connectivity index (χ2v) is 7.14. The first-order chi connectivity index (χ1) is 10.1. The molecule has 3 unspecified atom stereocenters. The van der Waals surface area contributed by atoms with Crippen molar-refractivity contribution in [1.29, 1.82) is 0 Å². The molecule has 4 rings (SSSR count). The Labute approximate surface area is 125 Å². The summed E-state index contributed by atoms with van der Waals surface area (Å²) in [5, 5.41) is 15.1. The highest BCUT2D eigenvalue weighted by atomic mass is 16.5. The monoisotopic (exact) mass is 288 g/mol. The Hall–Kier alpha value is -1.10. The van der Waals surface area contributed by atoms with Gasteiger partial charge in [0, 0.05) is 24.0 Å². The van der Waals surface area contributed by atoms with E-state index in [1.165, 1.54) is 18.4 Å². The molecular formula is C17H24N2O2. The molecule has 0 saturated carbocycles. The van der Waals surface area contributed by atoms with E-state index < -0.39 is 5.60 Å². The molecule has 0 radical (unpaired) electrons. The van der Waals surface area contributed by atoms with Crippen LogP contribution < -0.4 is 15.8 Å². The second kappa shape index (κ2) is 4.70. The van der Waals surface area contributed by atoms with Crippen molar-refractivity contribution in [1.82, 2.24) is 5.32 Å². The molecule has 1 aromatic rings. The van der Waals surface area contributed by atoms with Gasteiger partial charge in [0.1, 0.15) is 5.75 Å². The van der Waals surface area contributed by atoms with Crippen LogP contribution >= 0.6 is 0 Å². The maximum absolute atomic E-state index is 11.5. The Morgan fingerprint density at radius 1 is 1.24 bits per heavy atom. The highest BCUT2D eigenvalue weighted by Crippen LogP contribution is 2.49. The Bertz CT molecular complexity index is 535. The first kappa shape index (κ1) is 13.6. The fourth-order valence-electron chi connectivity index (χ4n) is 4.60. The lowest BCUT2D eigenvalue weighted by atomic mass is 9.62. The quantitative estimate of drug-likeness (QED) is 0.765. The lowest BCUT2D eigenvalue weighted by Crippen LogP contribution is -2.63. The standard InChI is InChI=1S/C17H24N2O2/c18-10-16(7-12-3-1-2-4-15(12)21-11-16)17(20)8-13-5-6-14(9-17)19-13/h1-4,13-14,19-20H,5-11,18H2. The van der Waals surface area contributed by atoms with Gasteiger partial charge >= 0.3 is 0 Å². The Kier molecular flexibility index (Phi) is 3.03. The van der Waals surface area contributed by atoms with E-state index in [1.807, 2.05) is 18.2 Å². The van der Waals surface area contributed by atoms with Crippen LogP contribution in [0.2, 0.25) is 0 Å². The third kappa shape index (κ3) is 2.00. The Morgan fingerprint density at radius 2 is 1.95 bits per heavy atom. The van der Waals surface area contributed by atoms with Crippen LogP contribution in [0.15, 0.2) is 24.3 Å². The van der Waals surface area contributed by atoms with E-state index in [-0.39, 0.29) is 5.41 Å². The number of nitrogens with one attached hydrogen (secondary N) is 1. The molecule has 4 nitrogen and oxygen atoms in total. The van der Waals surface area contributed by atoms with Crippen LogP contribution in [0.5, 0.6) is 5.75 Å². The lowest BCUT2D eigenvalue weighted by Gasteiger charge is -2.52. The van der Waals surface area contributed by atoms with Gasteiger partial charge in [0.15, 0.2) is 0 Å². The van der Waals surface area contributed by atoms with Crippen molar-refractivity contribution in [2.24, 2.45) is 11.1 Å². The molecule has 3 atom stereocenters. The average Bonchev–Trinajstić information content (AvgIpc) is 2.86. The molecule has 0 amide bonds. The third-order valence-corrected chi connectivity index (χ3v) is 5.89. The molecule has 4 heteroatoms. The van der Waals surface area contributed by atoms with Crippen LogP contribution in [0.25, 0.3) is 0 Å². The minimum atomic E-state index is -0.716. The molecule has 114 valence electrons. The SMILES string of the molecule is NCC1(C2(O)CC3CCC(C2)N3)COc2ccccc2C1. The highest BCUT2D eigenvalue weighted by Gasteiger charge is 2.56. The lowest BCUT2D eigenvalue weighted by molar-refractivity contribution is -0.132. The van der Waals surface area contributed by atoms with Crippen LogP contribution in [0.1, 0.15) is 31.2 Å². The molecule has 0 aliphatic carbocycles. The van der Waals surface area contributed by atoms with Gasteiger partial charge < -0.3 is 20.9 Å². The van der Waals surface area contributed by atoms with E-state index >= 15 is 0 Å². The predicted molar refractivity (Wildman–Crippen MR) is 81.3 cm³/mol. The number of para-hydroxylation sites is 1. The smallest absolute Gasteiger partial charge is 0.122 e. The van der Waals surface area contributed by atoms with Crippen molar-refractivity contribution in [3.63, 3.8) is 0 Å². The molecule has 4 N–H and O–H groups in total. The highest BCUT2D eigenvalue weighted by molar-refractivity contribution is 5.37. The van der Waals surface area contributed by atoms with Gasteiger partial charge in [-0.15, -0.1) is 0 Å². The van der Waals surface area contributed by atoms with Gasteiger partial charge in [0.2, 0.25) is 0 Å². The summed E-state index contributed by atoms with van der Waals surface area (Å²) in [7, 11) is 0. The fraction of sp³-hybridized carbons (Fsp3) is 0.647. The van der Waals surface area contributed by atoms with Gasteiger partial charge in [-0.3, -0.25) is 0 Å². The van der Waals surface area contributed by atoms with Crippen LogP contribution in [0.4, 0.5) is 0 Å². The first-order valence-electron chi connectivity index (χ1n) is 8.03. The number of nitrogens with two attached hydrogens (primary N) is 1. The van der Waals surface area contributed by atoms with E-state index in [0.29, 0.717) is 25.2 Å². The summed E-state index contributed by atoms with van der Waals surface area (Å²) in [6.07, 6.45) is 4.75. The van der Waals surface area contributed by atoms with Gasteiger partial charge in [-0.1, -0.05) is 18.2 Å². The molecule has 1 aromatic carbocycles. The summed E-state index contributed by atoms with van der Waals surface area (Å²) in [6.45, 7) is 0.994. The van der Waals surface area contributed by atoms with Gasteiger partial charge in [-0.2, -0.15) is 0 Å². The minimum Gasteiger partial charge on any atom is -0.493 e. The summed E-state index contributed by atoms with van der Waals surface area (Å²) in [6, 6.07) is 9.01. The van der Waals surface area contributed by atoms with Crippen LogP contribution in [0.3, 0.4) is 0 Å². The largest absolute Gasteiger partial charge is 0.493 e. The van der Waals surface area contributed by atoms with E-state index in [9.17, 15) is 5.11 Å². The van der Waals surface area contributed by atoms with Gasteiger partial charge in [-0.25, -0.2) is 0 Å². The maximum Gasteiger partial charge on any atom is 0.122 e. The summed E-state index contributed by atoms with van der Waals surface area (Å²) in [5.41, 5.74) is 6.26. The number of hydrogen-bond donors (Lipinski definition) is 3. The van der Waals surface area contributed by atoms with Crippen molar-refractivity contribution in [2.75, 3.05) is 13.2 Å². The molecule has 2 saturated heterocycles. The number of piperidine rings is 1. The molecule has 0 spiro atoms. The van der Waals surface area contributed by atoms with Crippen LogP contribution in [-0.4, -0.2) is 35.9 Å². The number of benzene rings is 1. The number of rotatable bonds is 2. The zero-order chi connectivity index (χ0) is 14.5. The minimum absolute atomic E-state index is 0.357. The maximum atomic E-state index is 11.5. The van der Waals surface area contributed by atoms with Crippen LogP contribution in [0, 0.1) is 5.41 Å². The predicted octanol–water partition coefficient (Wildman–Crippen LogP) is 1.21. The number of aliphatic hydroxyl groups is 1. The van der Waals surface area contributed by atoms with Crippen molar-refractivity contribution in [3.8, 4) is 5.75 Å². The molecular weight excluding hydrogens is 264 g/mol. The third-order valence-electron chi connectivity index (χ3n) is 5.89. The number of hydrogen-bond acceptors (Lipinski definition) is 4. The van der Waals surface area contributed by atoms with Gasteiger partial charge in [-0.05, 0) is 43.7 Å². The second-order valence-electron chi connectivity index (χ2n) is 7.14. The molecule has 3 aliphatic rings. The van der Waals surface area contributed by atoms with Crippen LogP contribution in [-0.2, 0) is 6.42 Å². The van der Waals surface area contributed by atoms with E-state index in [2.05, 4.69) is 11.4 Å². The van der Waals surface area contributed by atoms with E-state index in [0.717, 1.165) is 25.0 Å². The van der Waals surface area contributed by atoms with Gasteiger partial charge in [0.25, 0.3) is 0 Å².